The summed E-state index contributed by atoms with van der Waals surface area (Å²) in [6.45, 7) is 3.33. The van der Waals surface area contributed by atoms with Gasteiger partial charge in [-0.3, -0.25) is 4.90 Å². The zero-order chi connectivity index (χ0) is 14.7. The van der Waals surface area contributed by atoms with Gasteiger partial charge in [0.1, 0.15) is 0 Å². The molecule has 0 radical (unpaired) electrons. The highest BCUT2D eigenvalue weighted by Crippen LogP contribution is 2.28. The van der Waals surface area contributed by atoms with Crippen molar-refractivity contribution in [2.75, 3.05) is 13.6 Å². The Morgan fingerprint density at radius 1 is 1.50 bits per heavy atom. The number of nitrogens with two attached hydrogens (primary N) is 1. The van der Waals surface area contributed by atoms with Gasteiger partial charge in [0.2, 0.25) is 0 Å². The molecule has 6 heteroatoms. The van der Waals surface area contributed by atoms with Gasteiger partial charge in [-0.05, 0) is 47.6 Å². The maximum absolute atomic E-state index is 6.17. The predicted octanol–water partition coefficient (Wildman–Crippen LogP) is 4.00. The second-order valence-electron chi connectivity index (χ2n) is 4.70. The first-order valence-electron chi connectivity index (χ1n) is 6.27. The van der Waals surface area contributed by atoms with Crippen LogP contribution in [0.1, 0.15) is 22.3 Å². The molecule has 0 bridgehead atoms. The summed E-state index contributed by atoms with van der Waals surface area (Å²) < 4.78 is 0.900. The highest BCUT2D eigenvalue weighted by atomic mass is 79.9. The highest BCUT2D eigenvalue weighted by Gasteiger charge is 2.17. The van der Waals surface area contributed by atoms with Crippen LogP contribution in [0.5, 0.6) is 0 Å². The van der Waals surface area contributed by atoms with Gasteiger partial charge < -0.3 is 5.73 Å². The van der Waals surface area contributed by atoms with E-state index >= 15 is 0 Å². The van der Waals surface area contributed by atoms with Crippen molar-refractivity contribution in [2.24, 2.45) is 5.73 Å². The number of aryl methyl sites for hydroxylation is 1. The van der Waals surface area contributed by atoms with Crippen molar-refractivity contribution in [1.82, 2.24) is 9.88 Å². The lowest BCUT2D eigenvalue weighted by Crippen LogP contribution is -2.30. The van der Waals surface area contributed by atoms with Crippen LogP contribution in [0, 0.1) is 6.92 Å². The van der Waals surface area contributed by atoms with Crippen molar-refractivity contribution in [3.05, 3.63) is 49.3 Å². The number of rotatable bonds is 5. The summed E-state index contributed by atoms with van der Waals surface area (Å²) in [5, 5.41) is 3.89. The number of benzene rings is 1. The molecule has 108 valence electrons. The zero-order valence-corrected chi connectivity index (χ0v) is 14.6. The summed E-state index contributed by atoms with van der Waals surface area (Å²) in [5.41, 5.74) is 8.14. The van der Waals surface area contributed by atoms with E-state index in [0.29, 0.717) is 11.6 Å². The van der Waals surface area contributed by atoms with Gasteiger partial charge in [0.05, 0.1) is 15.7 Å². The Hall–Kier alpha value is -0.460. The van der Waals surface area contributed by atoms with Crippen molar-refractivity contribution in [2.45, 2.75) is 19.5 Å². The molecule has 0 saturated heterocycles. The van der Waals surface area contributed by atoms with Gasteiger partial charge in [-0.25, -0.2) is 4.98 Å². The molecule has 1 aromatic carbocycles. The monoisotopic (exact) mass is 373 g/mol. The van der Waals surface area contributed by atoms with Gasteiger partial charge >= 0.3 is 0 Å². The third-order valence-electron chi connectivity index (χ3n) is 3.16. The molecular formula is C14H17BrClN3S. The Balaban J connectivity index is 2.16. The zero-order valence-electron chi connectivity index (χ0n) is 11.4. The molecule has 2 aromatic rings. The molecule has 1 atom stereocenters. The maximum Gasteiger partial charge on any atom is 0.0897 e. The fraction of sp³-hybridized carbons (Fsp3) is 0.357. The summed E-state index contributed by atoms with van der Waals surface area (Å²) in [6, 6.07) is 6.10. The lowest BCUT2D eigenvalue weighted by Gasteiger charge is -2.27. The number of hydrogen-bond acceptors (Lipinski definition) is 4. The van der Waals surface area contributed by atoms with Crippen LogP contribution in [0.25, 0.3) is 0 Å². The van der Waals surface area contributed by atoms with Gasteiger partial charge in [-0.2, -0.15) is 0 Å². The van der Waals surface area contributed by atoms with Crippen LogP contribution in [-0.4, -0.2) is 23.5 Å². The topological polar surface area (TPSA) is 42.2 Å². The Morgan fingerprint density at radius 2 is 2.25 bits per heavy atom. The lowest BCUT2D eigenvalue weighted by molar-refractivity contribution is 0.239. The number of halogens is 2. The minimum Gasteiger partial charge on any atom is -0.329 e. The number of likely N-dealkylation sites (N-methyl/N-ethyl adjacent to an activating group) is 1. The Kier molecular flexibility index (Phi) is 5.57. The molecular weight excluding hydrogens is 358 g/mol. The van der Waals surface area contributed by atoms with Crippen LogP contribution in [0.3, 0.4) is 0 Å². The Bertz CT molecular complexity index is 588. The van der Waals surface area contributed by atoms with Crippen molar-refractivity contribution in [3.63, 3.8) is 0 Å². The third kappa shape index (κ3) is 3.80. The van der Waals surface area contributed by atoms with Gasteiger partial charge in [-0.15, -0.1) is 11.3 Å². The smallest absolute Gasteiger partial charge is 0.0897 e. The van der Waals surface area contributed by atoms with Crippen molar-refractivity contribution in [3.8, 4) is 0 Å². The molecule has 1 aromatic heterocycles. The SMILES string of the molecule is Cc1nc(CN(C)C(CN)c2ccc(Br)c(Cl)c2)cs1. The summed E-state index contributed by atoms with van der Waals surface area (Å²) in [7, 11) is 2.06. The number of thiazole rings is 1. The number of nitrogens with zero attached hydrogens (tertiary/aromatic N) is 2. The summed E-state index contributed by atoms with van der Waals surface area (Å²) in [5.74, 6) is 0. The maximum atomic E-state index is 6.17. The Labute approximate surface area is 136 Å². The predicted molar refractivity (Wildman–Crippen MR) is 89.3 cm³/mol. The minimum absolute atomic E-state index is 0.127. The largest absolute Gasteiger partial charge is 0.329 e. The third-order valence-corrected chi connectivity index (χ3v) is 5.22. The van der Waals surface area contributed by atoms with E-state index in [-0.39, 0.29) is 6.04 Å². The van der Waals surface area contributed by atoms with E-state index in [1.165, 1.54) is 0 Å². The second-order valence-corrected chi connectivity index (χ2v) is 7.02. The number of aromatic nitrogens is 1. The van der Waals surface area contributed by atoms with Gasteiger partial charge in [-0.1, -0.05) is 17.7 Å². The van der Waals surface area contributed by atoms with E-state index in [1.807, 2.05) is 19.1 Å². The number of hydrogen-bond donors (Lipinski definition) is 1. The average molecular weight is 375 g/mol. The molecule has 3 nitrogen and oxygen atoms in total. The van der Waals surface area contributed by atoms with Gasteiger partial charge in [0.15, 0.2) is 0 Å². The molecule has 0 aliphatic carbocycles. The van der Waals surface area contributed by atoms with Crippen LogP contribution >= 0.6 is 38.9 Å². The summed E-state index contributed by atoms with van der Waals surface area (Å²) in [4.78, 5) is 6.70. The van der Waals surface area contributed by atoms with Crippen LogP contribution in [0.4, 0.5) is 0 Å². The van der Waals surface area contributed by atoms with Crippen LogP contribution < -0.4 is 5.73 Å². The second kappa shape index (κ2) is 7.00. The first kappa shape index (κ1) is 15.9. The van der Waals surface area contributed by atoms with E-state index in [0.717, 1.165) is 27.3 Å². The van der Waals surface area contributed by atoms with E-state index in [1.54, 1.807) is 11.3 Å². The summed E-state index contributed by atoms with van der Waals surface area (Å²) >= 11 is 11.2. The molecule has 0 aliphatic rings. The lowest BCUT2D eigenvalue weighted by atomic mass is 10.1. The van der Waals surface area contributed by atoms with Crippen molar-refractivity contribution >= 4 is 38.9 Å². The van der Waals surface area contributed by atoms with Crippen LogP contribution in [-0.2, 0) is 6.54 Å². The molecule has 20 heavy (non-hydrogen) atoms. The minimum atomic E-state index is 0.127. The van der Waals surface area contributed by atoms with Gasteiger partial charge in [0, 0.05) is 29.0 Å². The van der Waals surface area contributed by atoms with Crippen molar-refractivity contribution in [1.29, 1.82) is 0 Å². The van der Waals surface area contributed by atoms with E-state index in [9.17, 15) is 0 Å². The molecule has 0 amide bonds. The molecule has 0 saturated carbocycles. The Morgan fingerprint density at radius 3 is 2.80 bits per heavy atom. The van der Waals surface area contributed by atoms with E-state index in [4.69, 9.17) is 17.3 Å². The molecule has 0 spiro atoms. The fourth-order valence-corrected chi connectivity index (χ4v) is 3.18. The molecule has 1 unspecified atom stereocenters. The molecule has 0 fully saturated rings. The molecule has 0 aliphatic heterocycles. The summed E-state index contributed by atoms with van der Waals surface area (Å²) in [6.07, 6.45) is 0. The first-order valence-corrected chi connectivity index (χ1v) is 8.32. The first-order chi connectivity index (χ1) is 9.51. The molecule has 1 heterocycles. The van der Waals surface area contributed by atoms with Gasteiger partial charge in [0.25, 0.3) is 0 Å². The molecule has 2 N–H and O–H groups in total. The quantitative estimate of drug-likeness (QED) is 0.860. The fourth-order valence-electron chi connectivity index (χ4n) is 2.14. The molecule has 2 rings (SSSR count). The van der Waals surface area contributed by atoms with E-state index in [2.05, 4.69) is 44.3 Å². The average Bonchev–Trinajstić information content (AvgIpc) is 2.80. The standard InChI is InChI=1S/C14H17BrClN3S/c1-9-18-11(8-20-9)7-19(2)14(6-17)10-3-4-12(15)13(16)5-10/h3-5,8,14H,6-7,17H2,1-2H3. The highest BCUT2D eigenvalue weighted by molar-refractivity contribution is 9.10. The normalized spacial score (nSPS) is 12.9. The van der Waals surface area contributed by atoms with Crippen LogP contribution in [0.2, 0.25) is 5.02 Å². The van der Waals surface area contributed by atoms with Crippen LogP contribution in [0.15, 0.2) is 28.1 Å². The van der Waals surface area contributed by atoms with E-state index < -0.39 is 0 Å². The van der Waals surface area contributed by atoms with Crippen molar-refractivity contribution < 1.29 is 0 Å².